The van der Waals surface area contributed by atoms with Crippen LogP contribution < -0.4 is 5.32 Å². The van der Waals surface area contributed by atoms with Gasteiger partial charge >= 0.3 is 0 Å². The van der Waals surface area contributed by atoms with Crippen molar-refractivity contribution in [3.8, 4) is 11.3 Å². The second-order valence-electron chi connectivity index (χ2n) is 4.20. The van der Waals surface area contributed by atoms with Gasteiger partial charge in [0.2, 0.25) is 0 Å². The molecule has 102 valence electrons. The summed E-state index contributed by atoms with van der Waals surface area (Å²) in [5.74, 6) is -0.157. The number of nitrogens with one attached hydrogen (secondary N) is 1. The highest BCUT2D eigenvalue weighted by Crippen LogP contribution is 2.34. The Labute approximate surface area is 118 Å². The summed E-state index contributed by atoms with van der Waals surface area (Å²) in [6.45, 7) is 2.03. The molecule has 0 fully saturated rings. The summed E-state index contributed by atoms with van der Waals surface area (Å²) in [6.07, 6.45) is 0.858. The van der Waals surface area contributed by atoms with E-state index in [1.807, 2.05) is 14.0 Å². The second kappa shape index (κ2) is 5.84. The first-order valence-corrected chi connectivity index (χ1v) is 6.78. The molecule has 5 heteroatoms. The van der Waals surface area contributed by atoms with Gasteiger partial charge in [-0.05, 0) is 47.6 Å². The van der Waals surface area contributed by atoms with Crippen LogP contribution in [0.15, 0.2) is 33.2 Å². The van der Waals surface area contributed by atoms with Crippen molar-refractivity contribution in [2.24, 2.45) is 0 Å². The minimum Gasteiger partial charge on any atom is -0.459 e. The standard InChI is InChI=1S/C14H14BrF2NO/c1-3-11(18-2)12-4-5-13(19-12)14-9(15)6-8(16)7-10(14)17/h4-7,11,18H,3H2,1-2H3. The van der Waals surface area contributed by atoms with Gasteiger partial charge in [-0.15, -0.1) is 0 Å². The average molecular weight is 330 g/mol. The van der Waals surface area contributed by atoms with E-state index in [0.717, 1.165) is 18.2 Å². The van der Waals surface area contributed by atoms with E-state index in [-0.39, 0.29) is 11.6 Å². The lowest BCUT2D eigenvalue weighted by Gasteiger charge is -2.10. The molecule has 0 radical (unpaired) electrons. The molecular formula is C14H14BrF2NO. The van der Waals surface area contributed by atoms with E-state index in [0.29, 0.717) is 10.2 Å². The molecule has 1 aromatic carbocycles. The van der Waals surface area contributed by atoms with Crippen LogP contribution in [0, 0.1) is 11.6 Å². The Morgan fingerprint density at radius 2 is 2.05 bits per heavy atom. The Morgan fingerprint density at radius 3 is 2.63 bits per heavy atom. The molecule has 0 spiro atoms. The van der Waals surface area contributed by atoms with E-state index in [1.165, 1.54) is 6.07 Å². The number of benzene rings is 1. The van der Waals surface area contributed by atoms with Crippen molar-refractivity contribution in [3.63, 3.8) is 0 Å². The predicted molar refractivity (Wildman–Crippen MR) is 73.9 cm³/mol. The van der Waals surface area contributed by atoms with Crippen LogP contribution in [0.3, 0.4) is 0 Å². The largest absolute Gasteiger partial charge is 0.459 e. The Bertz CT molecular complexity index is 556. The third-order valence-electron chi connectivity index (χ3n) is 2.98. The quantitative estimate of drug-likeness (QED) is 0.882. The van der Waals surface area contributed by atoms with Gasteiger partial charge in [-0.25, -0.2) is 8.78 Å². The normalized spacial score (nSPS) is 12.7. The molecular weight excluding hydrogens is 316 g/mol. The molecule has 0 saturated heterocycles. The Morgan fingerprint density at radius 1 is 1.32 bits per heavy atom. The Balaban J connectivity index is 2.43. The van der Waals surface area contributed by atoms with Crippen molar-refractivity contribution in [3.05, 3.63) is 46.1 Å². The zero-order chi connectivity index (χ0) is 14.0. The van der Waals surface area contributed by atoms with Crippen molar-refractivity contribution in [1.82, 2.24) is 5.32 Å². The zero-order valence-electron chi connectivity index (χ0n) is 10.6. The van der Waals surface area contributed by atoms with Gasteiger partial charge in [-0.2, -0.15) is 0 Å². The van der Waals surface area contributed by atoms with Gasteiger partial charge in [0, 0.05) is 10.5 Å². The summed E-state index contributed by atoms with van der Waals surface area (Å²) in [4.78, 5) is 0. The van der Waals surface area contributed by atoms with Crippen LogP contribution in [0.2, 0.25) is 0 Å². The molecule has 2 nitrogen and oxygen atoms in total. The van der Waals surface area contributed by atoms with Gasteiger partial charge in [-0.3, -0.25) is 0 Å². The molecule has 0 aliphatic heterocycles. The van der Waals surface area contributed by atoms with E-state index in [9.17, 15) is 8.78 Å². The van der Waals surface area contributed by atoms with Gasteiger partial charge in [0.05, 0.1) is 11.6 Å². The highest BCUT2D eigenvalue weighted by atomic mass is 79.9. The molecule has 2 rings (SSSR count). The number of halogens is 3. The lowest BCUT2D eigenvalue weighted by Crippen LogP contribution is -2.14. The van der Waals surface area contributed by atoms with E-state index in [4.69, 9.17) is 4.42 Å². The maximum atomic E-state index is 13.8. The maximum Gasteiger partial charge on any atom is 0.138 e. The van der Waals surface area contributed by atoms with E-state index < -0.39 is 11.6 Å². The highest BCUT2D eigenvalue weighted by molar-refractivity contribution is 9.10. The van der Waals surface area contributed by atoms with Crippen LogP contribution in [-0.2, 0) is 0 Å². The lowest BCUT2D eigenvalue weighted by molar-refractivity contribution is 0.429. The summed E-state index contributed by atoms with van der Waals surface area (Å²) in [5, 5.41) is 3.11. The number of hydrogen-bond acceptors (Lipinski definition) is 2. The molecule has 0 saturated carbocycles. The Hall–Kier alpha value is -1.20. The summed E-state index contributed by atoms with van der Waals surface area (Å²) in [6, 6.07) is 5.63. The van der Waals surface area contributed by atoms with Crippen LogP contribution in [0.25, 0.3) is 11.3 Å². The molecule has 0 aliphatic rings. The summed E-state index contributed by atoms with van der Waals surface area (Å²) < 4.78 is 32.9. The molecule has 1 unspecified atom stereocenters. The minimum atomic E-state index is -0.648. The highest BCUT2D eigenvalue weighted by Gasteiger charge is 2.17. The Kier molecular flexibility index (Phi) is 4.37. The van der Waals surface area contributed by atoms with Crippen molar-refractivity contribution in [2.75, 3.05) is 7.05 Å². The fraction of sp³-hybridized carbons (Fsp3) is 0.286. The van der Waals surface area contributed by atoms with Crippen molar-refractivity contribution >= 4 is 15.9 Å². The molecule has 0 bridgehead atoms. The van der Waals surface area contributed by atoms with Gasteiger partial charge < -0.3 is 9.73 Å². The minimum absolute atomic E-state index is 0.0797. The third kappa shape index (κ3) is 2.87. The van der Waals surface area contributed by atoms with Crippen LogP contribution in [0.1, 0.15) is 25.1 Å². The van der Waals surface area contributed by atoms with E-state index in [1.54, 1.807) is 12.1 Å². The molecule has 1 heterocycles. The van der Waals surface area contributed by atoms with Crippen LogP contribution in [0.5, 0.6) is 0 Å². The molecule has 1 aromatic heterocycles. The van der Waals surface area contributed by atoms with Crippen LogP contribution in [0.4, 0.5) is 8.78 Å². The van der Waals surface area contributed by atoms with Gasteiger partial charge in [0.15, 0.2) is 0 Å². The van der Waals surface area contributed by atoms with Crippen molar-refractivity contribution in [1.29, 1.82) is 0 Å². The summed E-state index contributed by atoms with van der Waals surface area (Å²) >= 11 is 3.16. The van der Waals surface area contributed by atoms with Gasteiger partial charge in [0.1, 0.15) is 23.2 Å². The second-order valence-corrected chi connectivity index (χ2v) is 5.05. The molecule has 0 amide bonds. The summed E-state index contributed by atoms with van der Waals surface area (Å²) in [7, 11) is 1.84. The van der Waals surface area contributed by atoms with Crippen molar-refractivity contribution < 1.29 is 13.2 Å². The van der Waals surface area contributed by atoms with E-state index in [2.05, 4.69) is 21.2 Å². The van der Waals surface area contributed by atoms with Crippen LogP contribution in [-0.4, -0.2) is 7.05 Å². The summed E-state index contributed by atoms with van der Waals surface area (Å²) in [5.41, 5.74) is 0.235. The topological polar surface area (TPSA) is 25.2 Å². The third-order valence-corrected chi connectivity index (χ3v) is 3.61. The molecule has 1 atom stereocenters. The number of rotatable bonds is 4. The molecule has 0 aliphatic carbocycles. The first-order chi connectivity index (χ1) is 9.06. The van der Waals surface area contributed by atoms with E-state index >= 15 is 0 Å². The lowest BCUT2D eigenvalue weighted by atomic mass is 10.1. The van der Waals surface area contributed by atoms with Gasteiger partial charge in [-0.1, -0.05) is 6.92 Å². The molecule has 1 N–H and O–H groups in total. The zero-order valence-corrected chi connectivity index (χ0v) is 12.2. The van der Waals surface area contributed by atoms with Crippen LogP contribution >= 0.6 is 15.9 Å². The number of furan rings is 1. The molecule has 19 heavy (non-hydrogen) atoms. The fourth-order valence-corrected chi connectivity index (χ4v) is 2.60. The first-order valence-electron chi connectivity index (χ1n) is 5.98. The SMILES string of the molecule is CCC(NC)c1ccc(-c2c(F)cc(F)cc2Br)o1. The maximum absolute atomic E-state index is 13.8. The van der Waals surface area contributed by atoms with Gasteiger partial charge in [0.25, 0.3) is 0 Å². The predicted octanol–water partition coefficient (Wildman–Crippen LogP) is 4.66. The van der Waals surface area contributed by atoms with Crippen molar-refractivity contribution in [2.45, 2.75) is 19.4 Å². The fourth-order valence-electron chi connectivity index (χ4n) is 2.00. The average Bonchev–Trinajstić information content (AvgIpc) is 2.78. The number of hydrogen-bond donors (Lipinski definition) is 1. The first kappa shape index (κ1) is 14.2. The molecule has 2 aromatic rings. The monoisotopic (exact) mass is 329 g/mol. The smallest absolute Gasteiger partial charge is 0.138 e.